The molecule has 1 fully saturated rings. The molecule has 0 spiro atoms. The zero-order valence-corrected chi connectivity index (χ0v) is 11.6. The van der Waals surface area contributed by atoms with Crippen LogP contribution >= 0.6 is 11.8 Å². The first-order valence-corrected chi connectivity index (χ1v) is 7.46. The van der Waals surface area contributed by atoms with Crippen LogP contribution in [0.3, 0.4) is 0 Å². The summed E-state index contributed by atoms with van der Waals surface area (Å²) >= 11 is 1.46. The smallest absolute Gasteiger partial charge is 0.134 e. The average Bonchev–Trinajstić information content (AvgIpc) is 2.86. The van der Waals surface area contributed by atoms with Gasteiger partial charge < -0.3 is 20.1 Å². The van der Waals surface area contributed by atoms with E-state index in [9.17, 15) is 10.2 Å². The lowest BCUT2D eigenvalue weighted by Crippen LogP contribution is -2.55. The summed E-state index contributed by atoms with van der Waals surface area (Å²) in [6.45, 7) is -0.309. The number of thioether (sulfide) groups is 1. The molecule has 1 aromatic rings. The van der Waals surface area contributed by atoms with Gasteiger partial charge in [-0.25, -0.2) is 0 Å². The summed E-state index contributed by atoms with van der Waals surface area (Å²) in [6.07, 6.45) is -2.15. The van der Waals surface area contributed by atoms with Crippen molar-refractivity contribution in [2.24, 2.45) is 4.99 Å². The van der Waals surface area contributed by atoms with Crippen LogP contribution in [0, 0.1) is 0 Å². The highest BCUT2D eigenvalue weighted by Crippen LogP contribution is 2.37. The van der Waals surface area contributed by atoms with Crippen molar-refractivity contribution in [2.45, 2.75) is 36.2 Å². The van der Waals surface area contributed by atoms with Crippen molar-refractivity contribution in [1.82, 2.24) is 0 Å². The molecule has 0 radical (unpaired) electrons. The zero-order valence-electron chi connectivity index (χ0n) is 10.8. The summed E-state index contributed by atoms with van der Waals surface area (Å²) in [4.78, 5) is 4.47. The van der Waals surface area contributed by atoms with Crippen molar-refractivity contribution in [2.75, 3.05) is 6.61 Å². The molecule has 0 aliphatic carbocycles. The Hall–Kier alpha value is -0.920. The van der Waals surface area contributed by atoms with Gasteiger partial charge in [0, 0.05) is 6.42 Å². The predicted molar refractivity (Wildman–Crippen MR) is 76.7 cm³/mol. The first-order chi connectivity index (χ1) is 9.69. The molecule has 1 saturated heterocycles. The van der Waals surface area contributed by atoms with Crippen LogP contribution in [-0.4, -0.2) is 56.8 Å². The SMILES string of the molecule is OC[C@H]1OC2SC(Cc3ccccc3)=NC2[C@@H](O)[C@@H]1O. The van der Waals surface area contributed by atoms with Gasteiger partial charge in [-0.15, -0.1) is 0 Å². The number of rotatable bonds is 3. The third-order valence-corrected chi connectivity index (χ3v) is 4.74. The highest BCUT2D eigenvalue weighted by molar-refractivity contribution is 8.14. The summed E-state index contributed by atoms with van der Waals surface area (Å²) in [7, 11) is 0. The Morgan fingerprint density at radius 2 is 1.90 bits per heavy atom. The molecule has 3 rings (SSSR count). The maximum Gasteiger partial charge on any atom is 0.134 e. The van der Waals surface area contributed by atoms with Gasteiger partial charge in [0.15, 0.2) is 0 Å². The number of hydrogen-bond donors (Lipinski definition) is 3. The number of hydrogen-bond acceptors (Lipinski definition) is 6. The number of aliphatic hydroxyl groups is 3. The number of fused-ring (bicyclic) bond motifs is 1. The van der Waals surface area contributed by atoms with E-state index in [0.29, 0.717) is 6.42 Å². The van der Waals surface area contributed by atoms with Gasteiger partial charge in [-0.2, -0.15) is 0 Å². The Kier molecular flexibility index (Phi) is 4.09. The monoisotopic (exact) mass is 295 g/mol. The van der Waals surface area contributed by atoms with Crippen LogP contribution in [0.5, 0.6) is 0 Å². The molecule has 2 unspecified atom stereocenters. The molecule has 2 aliphatic heterocycles. The Labute approximate surface area is 121 Å². The zero-order chi connectivity index (χ0) is 14.1. The second kappa shape index (κ2) is 5.83. The second-order valence-corrected chi connectivity index (χ2v) is 6.17. The van der Waals surface area contributed by atoms with Crippen LogP contribution in [0.2, 0.25) is 0 Å². The van der Waals surface area contributed by atoms with Crippen LogP contribution in [0.25, 0.3) is 0 Å². The van der Waals surface area contributed by atoms with E-state index in [0.717, 1.165) is 10.6 Å². The van der Waals surface area contributed by atoms with Crippen LogP contribution < -0.4 is 0 Å². The van der Waals surface area contributed by atoms with E-state index < -0.39 is 24.4 Å². The molecule has 0 aromatic heterocycles. The lowest BCUT2D eigenvalue weighted by Gasteiger charge is -2.37. The van der Waals surface area contributed by atoms with Crippen molar-refractivity contribution in [3.63, 3.8) is 0 Å². The van der Waals surface area contributed by atoms with E-state index in [1.165, 1.54) is 11.8 Å². The third-order valence-electron chi connectivity index (χ3n) is 3.59. The Morgan fingerprint density at radius 1 is 1.15 bits per heavy atom. The van der Waals surface area contributed by atoms with Crippen LogP contribution in [0.1, 0.15) is 5.56 Å². The van der Waals surface area contributed by atoms with Crippen molar-refractivity contribution < 1.29 is 20.1 Å². The standard InChI is InChI=1S/C14H17NO4S/c16-7-9-12(17)13(18)11-14(19-9)20-10(15-11)6-8-4-2-1-3-5-8/h1-5,9,11-14,16-18H,6-7H2/t9-,11?,12-,13-,14?/m1/s1. The molecule has 6 heteroatoms. The van der Waals surface area contributed by atoms with Crippen molar-refractivity contribution >= 4 is 16.8 Å². The van der Waals surface area contributed by atoms with Gasteiger partial charge in [-0.3, -0.25) is 4.99 Å². The summed E-state index contributed by atoms with van der Waals surface area (Å²) in [5.74, 6) is 0. The maximum absolute atomic E-state index is 10.1. The fourth-order valence-corrected chi connectivity index (χ4v) is 3.75. The number of aliphatic imine (C=N–C) groups is 1. The number of benzene rings is 1. The summed E-state index contributed by atoms with van der Waals surface area (Å²) in [5, 5.41) is 30.0. The molecule has 108 valence electrons. The molecule has 0 amide bonds. The minimum Gasteiger partial charge on any atom is -0.394 e. The highest BCUT2D eigenvalue weighted by atomic mass is 32.2. The number of nitrogens with zero attached hydrogens (tertiary/aromatic N) is 1. The molecule has 5 atom stereocenters. The molecule has 0 saturated carbocycles. The topological polar surface area (TPSA) is 82.3 Å². The van der Waals surface area contributed by atoms with E-state index in [1.54, 1.807) is 0 Å². The van der Waals surface area contributed by atoms with Gasteiger partial charge in [-0.1, -0.05) is 42.1 Å². The lowest BCUT2D eigenvalue weighted by atomic mass is 9.99. The first kappa shape index (κ1) is 14.0. The summed E-state index contributed by atoms with van der Waals surface area (Å²) < 4.78 is 5.60. The Balaban J connectivity index is 1.72. The molecule has 3 N–H and O–H groups in total. The molecule has 2 aliphatic rings. The maximum atomic E-state index is 10.1. The van der Waals surface area contributed by atoms with Crippen LogP contribution in [-0.2, 0) is 11.2 Å². The van der Waals surface area contributed by atoms with Crippen molar-refractivity contribution in [3.8, 4) is 0 Å². The van der Waals surface area contributed by atoms with Gasteiger partial charge in [0.2, 0.25) is 0 Å². The fourth-order valence-electron chi connectivity index (χ4n) is 2.49. The quantitative estimate of drug-likeness (QED) is 0.741. The lowest BCUT2D eigenvalue weighted by molar-refractivity contribution is -0.164. The van der Waals surface area contributed by atoms with Gasteiger partial charge in [0.25, 0.3) is 0 Å². The van der Waals surface area contributed by atoms with Crippen molar-refractivity contribution in [3.05, 3.63) is 35.9 Å². The molecular formula is C14H17NO4S. The van der Waals surface area contributed by atoms with Gasteiger partial charge in [0.05, 0.1) is 11.7 Å². The van der Waals surface area contributed by atoms with E-state index >= 15 is 0 Å². The van der Waals surface area contributed by atoms with Gasteiger partial charge in [-0.05, 0) is 5.56 Å². The Bertz CT molecular complexity index is 495. The van der Waals surface area contributed by atoms with Gasteiger partial charge in [0.1, 0.15) is 29.8 Å². The van der Waals surface area contributed by atoms with Crippen LogP contribution in [0.15, 0.2) is 35.3 Å². The van der Waals surface area contributed by atoms with E-state index in [1.807, 2.05) is 30.3 Å². The normalized spacial score (nSPS) is 36.5. The predicted octanol–water partition coefficient (Wildman–Crippen LogP) is 0.182. The molecular weight excluding hydrogens is 278 g/mol. The number of ether oxygens (including phenoxy) is 1. The van der Waals surface area contributed by atoms with Gasteiger partial charge >= 0.3 is 0 Å². The molecule has 1 aromatic carbocycles. The average molecular weight is 295 g/mol. The molecule has 20 heavy (non-hydrogen) atoms. The largest absolute Gasteiger partial charge is 0.394 e. The molecule has 5 nitrogen and oxygen atoms in total. The first-order valence-electron chi connectivity index (χ1n) is 6.59. The third kappa shape index (κ3) is 2.62. The number of aliphatic hydroxyl groups excluding tert-OH is 3. The van der Waals surface area contributed by atoms with E-state index in [-0.39, 0.29) is 12.0 Å². The molecule has 2 heterocycles. The highest BCUT2D eigenvalue weighted by Gasteiger charge is 2.47. The van der Waals surface area contributed by atoms with E-state index in [2.05, 4.69) is 4.99 Å². The summed E-state index contributed by atoms with van der Waals surface area (Å²) in [5.41, 5.74) is 0.815. The minimum absolute atomic E-state index is 0.309. The van der Waals surface area contributed by atoms with E-state index in [4.69, 9.17) is 9.84 Å². The van der Waals surface area contributed by atoms with Crippen LogP contribution in [0.4, 0.5) is 0 Å². The summed E-state index contributed by atoms with van der Waals surface area (Å²) in [6, 6.07) is 9.49. The molecule has 0 bridgehead atoms. The second-order valence-electron chi connectivity index (χ2n) is 5.00. The Morgan fingerprint density at radius 3 is 2.60 bits per heavy atom. The fraction of sp³-hybridized carbons (Fsp3) is 0.500. The minimum atomic E-state index is -1.10. The van der Waals surface area contributed by atoms with Crippen molar-refractivity contribution in [1.29, 1.82) is 0 Å².